The minimum atomic E-state index is 0.881. The van der Waals surface area contributed by atoms with Crippen molar-refractivity contribution < 1.29 is 0 Å². The normalized spacial score (nSPS) is 20.2. The van der Waals surface area contributed by atoms with Crippen molar-refractivity contribution >= 4 is 6.34 Å². The van der Waals surface area contributed by atoms with Gasteiger partial charge in [-0.05, 0) is 6.92 Å². The predicted molar refractivity (Wildman–Crippen MR) is 42.5 cm³/mol. The molecule has 1 aliphatic heterocycles. The zero-order valence-electron chi connectivity index (χ0n) is 6.18. The van der Waals surface area contributed by atoms with Gasteiger partial charge < -0.3 is 10.6 Å². The summed E-state index contributed by atoms with van der Waals surface area (Å²) < 4.78 is 0. The molecule has 54 valence electrons. The molecule has 0 saturated heterocycles. The van der Waals surface area contributed by atoms with E-state index >= 15 is 0 Å². The number of hydrogen-bond acceptors (Lipinski definition) is 3. The highest BCUT2D eigenvalue weighted by molar-refractivity contribution is 5.62. The second-order valence-electron chi connectivity index (χ2n) is 1.93. The Balaban J connectivity index is 2.74. The molecule has 0 atom stereocenters. The lowest BCUT2D eigenvalue weighted by Gasteiger charge is -2.08. The van der Waals surface area contributed by atoms with Crippen LogP contribution in [0.1, 0.15) is 6.92 Å². The lowest BCUT2D eigenvalue weighted by molar-refractivity contribution is 0.936. The van der Waals surface area contributed by atoms with Gasteiger partial charge in [0, 0.05) is 18.8 Å². The first kappa shape index (κ1) is 6.86. The Morgan fingerprint density at radius 1 is 1.70 bits per heavy atom. The smallest absolute Gasteiger partial charge is 0.129 e. The Kier molecular flexibility index (Phi) is 2.10. The lowest BCUT2D eigenvalue weighted by Crippen LogP contribution is -2.17. The monoisotopic (exact) mass is 137 g/mol. The van der Waals surface area contributed by atoms with Crippen LogP contribution in [0.25, 0.3) is 0 Å². The third-order valence-electron chi connectivity index (χ3n) is 1.29. The first-order chi connectivity index (χ1) is 4.86. The zero-order valence-corrected chi connectivity index (χ0v) is 6.18. The summed E-state index contributed by atoms with van der Waals surface area (Å²) >= 11 is 0. The molecule has 1 heterocycles. The molecule has 0 unspecified atom stereocenters. The first-order valence-electron chi connectivity index (χ1n) is 3.21. The van der Waals surface area contributed by atoms with Crippen LogP contribution in [0.3, 0.4) is 0 Å². The van der Waals surface area contributed by atoms with E-state index in [0.29, 0.717) is 0 Å². The second kappa shape index (κ2) is 3.06. The van der Waals surface area contributed by atoms with Gasteiger partial charge in [0.2, 0.25) is 0 Å². The van der Waals surface area contributed by atoms with Crippen LogP contribution in [0.15, 0.2) is 28.7 Å². The van der Waals surface area contributed by atoms with Crippen LogP contribution in [0, 0.1) is 0 Å². The van der Waals surface area contributed by atoms with Gasteiger partial charge in [-0.2, -0.15) is 0 Å². The zero-order chi connectivity index (χ0) is 7.40. The highest BCUT2D eigenvalue weighted by Crippen LogP contribution is 2.00. The molecule has 3 heteroatoms. The van der Waals surface area contributed by atoms with Crippen LogP contribution in [-0.4, -0.2) is 13.4 Å². The fraction of sp³-hybridized carbons (Fsp3) is 0.286. The van der Waals surface area contributed by atoms with Gasteiger partial charge in [0.05, 0.1) is 6.34 Å². The van der Waals surface area contributed by atoms with Crippen LogP contribution in [0.5, 0.6) is 0 Å². The molecule has 0 aromatic rings. The quantitative estimate of drug-likeness (QED) is 0.554. The van der Waals surface area contributed by atoms with Crippen LogP contribution >= 0.6 is 0 Å². The van der Waals surface area contributed by atoms with Crippen molar-refractivity contribution in [2.24, 2.45) is 4.99 Å². The summed E-state index contributed by atoms with van der Waals surface area (Å²) in [5.74, 6) is 0.881. The molecule has 0 aromatic carbocycles. The van der Waals surface area contributed by atoms with Gasteiger partial charge in [0.25, 0.3) is 0 Å². The molecule has 2 N–H and O–H groups in total. The first-order valence-corrected chi connectivity index (χ1v) is 3.21. The summed E-state index contributed by atoms with van der Waals surface area (Å²) in [5.41, 5.74) is 1.07. The highest BCUT2D eigenvalue weighted by Gasteiger charge is 1.96. The molecular weight excluding hydrogens is 126 g/mol. The van der Waals surface area contributed by atoms with Gasteiger partial charge in [0.15, 0.2) is 0 Å². The van der Waals surface area contributed by atoms with Gasteiger partial charge in [-0.25, -0.2) is 4.99 Å². The number of rotatable bonds is 1. The minimum Gasteiger partial charge on any atom is -0.373 e. The maximum absolute atomic E-state index is 4.02. The van der Waals surface area contributed by atoms with E-state index in [-0.39, 0.29) is 0 Å². The predicted octanol–water partition coefficient (Wildman–Crippen LogP) is 0.583. The van der Waals surface area contributed by atoms with Crippen molar-refractivity contribution in [1.82, 2.24) is 10.6 Å². The van der Waals surface area contributed by atoms with Gasteiger partial charge in [-0.15, -0.1) is 0 Å². The van der Waals surface area contributed by atoms with Crippen LogP contribution in [0.2, 0.25) is 0 Å². The van der Waals surface area contributed by atoms with Crippen LogP contribution in [-0.2, 0) is 0 Å². The topological polar surface area (TPSA) is 36.4 Å². The minimum absolute atomic E-state index is 0.881. The molecule has 10 heavy (non-hydrogen) atoms. The van der Waals surface area contributed by atoms with Crippen molar-refractivity contribution in [3.8, 4) is 0 Å². The summed E-state index contributed by atoms with van der Waals surface area (Å²) in [6, 6.07) is 0. The molecule has 0 bridgehead atoms. The van der Waals surface area contributed by atoms with Crippen LogP contribution < -0.4 is 10.6 Å². The van der Waals surface area contributed by atoms with E-state index < -0.39 is 0 Å². The van der Waals surface area contributed by atoms with E-state index in [9.17, 15) is 0 Å². The van der Waals surface area contributed by atoms with Gasteiger partial charge in [0.1, 0.15) is 5.82 Å². The van der Waals surface area contributed by atoms with Gasteiger partial charge >= 0.3 is 0 Å². The van der Waals surface area contributed by atoms with Crippen molar-refractivity contribution in [2.75, 3.05) is 7.05 Å². The molecule has 0 saturated carbocycles. The molecule has 0 aliphatic carbocycles. The van der Waals surface area contributed by atoms with E-state index in [1.54, 1.807) is 6.34 Å². The molecule has 1 rings (SSSR count). The fourth-order valence-corrected chi connectivity index (χ4v) is 0.706. The molecule has 0 radical (unpaired) electrons. The third-order valence-corrected chi connectivity index (χ3v) is 1.29. The molecule has 3 nitrogen and oxygen atoms in total. The number of nitrogens with one attached hydrogen (secondary N) is 2. The number of aliphatic imine (C=N–C) groups is 1. The lowest BCUT2D eigenvalue weighted by atomic mass is 10.3. The van der Waals surface area contributed by atoms with Crippen molar-refractivity contribution in [1.29, 1.82) is 0 Å². The summed E-state index contributed by atoms with van der Waals surface area (Å²) in [5, 5.41) is 5.94. The summed E-state index contributed by atoms with van der Waals surface area (Å²) in [6.07, 6.45) is 5.60. The largest absolute Gasteiger partial charge is 0.373 e. The van der Waals surface area contributed by atoms with Crippen molar-refractivity contribution in [3.63, 3.8) is 0 Å². The summed E-state index contributed by atoms with van der Waals surface area (Å²) in [7, 11) is 1.85. The molecular formula is C7H11N3. The Labute approximate surface area is 60.5 Å². The second-order valence-corrected chi connectivity index (χ2v) is 1.93. The maximum atomic E-state index is 4.02. The standard InChI is InChI=1S/C7H11N3/c1-3-6-4-7(8-2)10-5-9-6/h3-5,8H,1-2H3,(H,9,10). The SMILES string of the molecule is CC=C1C=C(NC)N=CN1. The molecule has 0 fully saturated rings. The molecule has 0 aromatic heterocycles. The fourth-order valence-electron chi connectivity index (χ4n) is 0.706. The summed E-state index contributed by atoms with van der Waals surface area (Å²) in [6.45, 7) is 1.98. The van der Waals surface area contributed by atoms with E-state index in [1.165, 1.54) is 0 Å². The average molecular weight is 137 g/mol. The Morgan fingerprint density at radius 3 is 3.10 bits per heavy atom. The highest BCUT2D eigenvalue weighted by atomic mass is 15.1. The van der Waals surface area contributed by atoms with Crippen LogP contribution in [0.4, 0.5) is 0 Å². The number of allylic oxidation sites excluding steroid dienone is 2. The van der Waals surface area contributed by atoms with E-state index in [4.69, 9.17) is 0 Å². The van der Waals surface area contributed by atoms with E-state index in [1.807, 2.05) is 26.1 Å². The Bertz CT molecular complexity index is 201. The van der Waals surface area contributed by atoms with Crippen molar-refractivity contribution in [2.45, 2.75) is 6.92 Å². The Hall–Kier alpha value is -1.25. The van der Waals surface area contributed by atoms with E-state index in [0.717, 1.165) is 11.5 Å². The summed E-state index contributed by atoms with van der Waals surface area (Å²) in [4.78, 5) is 4.02. The average Bonchev–Trinajstić information content (AvgIpc) is 2.05. The molecule has 0 amide bonds. The molecule has 0 spiro atoms. The maximum Gasteiger partial charge on any atom is 0.129 e. The molecule has 1 aliphatic rings. The van der Waals surface area contributed by atoms with Crippen molar-refractivity contribution in [3.05, 3.63) is 23.7 Å². The number of hydrogen-bond donors (Lipinski definition) is 2. The van der Waals surface area contributed by atoms with Gasteiger partial charge in [-0.1, -0.05) is 6.08 Å². The Morgan fingerprint density at radius 2 is 2.50 bits per heavy atom. The third kappa shape index (κ3) is 1.37. The van der Waals surface area contributed by atoms with Gasteiger partial charge in [-0.3, -0.25) is 0 Å². The number of nitrogens with zero attached hydrogens (tertiary/aromatic N) is 1. The van der Waals surface area contributed by atoms with E-state index in [2.05, 4.69) is 15.6 Å².